The van der Waals surface area contributed by atoms with Gasteiger partial charge < -0.3 is 15.0 Å². The van der Waals surface area contributed by atoms with Gasteiger partial charge in [0.2, 0.25) is 11.7 Å². The molecule has 5 nitrogen and oxygen atoms in total. The molecule has 5 heteroatoms. The molecule has 2 rings (SSSR count). The van der Waals surface area contributed by atoms with Crippen LogP contribution in [0.4, 0.5) is 0 Å². The summed E-state index contributed by atoms with van der Waals surface area (Å²) >= 11 is 0. The van der Waals surface area contributed by atoms with Gasteiger partial charge in [-0.05, 0) is 31.6 Å². The fourth-order valence-corrected chi connectivity index (χ4v) is 2.01. The summed E-state index contributed by atoms with van der Waals surface area (Å²) in [6.07, 6.45) is 3.89. The molecule has 0 radical (unpaired) electrons. The molecule has 2 N–H and O–H groups in total. The lowest BCUT2D eigenvalue weighted by Gasteiger charge is -2.21. The number of nitrogens with zero attached hydrogens (tertiary/aromatic N) is 2. The minimum absolute atomic E-state index is 0.0366. The van der Waals surface area contributed by atoms with Gasteiger partial charge in [-0.15, -0.1) is 0 Å². The van der Waals surface area contributed by atoms with Crippen LogP contribution in [0.3, 0.4) is 0 Å². The van der Waals surface area contributed by atoms with E-state index in [1.807, 2.05) is 13.8 Å². The van der Waals surface area contributed by atoms with Crippen molar-refractivity contribution in [2.45, 2.75) is 51.2 Å². The van der Waals surface area contributed by atoms with Gasteiger partial charge in [-0.25, -0.2) is 0 Å². The normalized spacial score (nSPS) is 18.4. The predicted octanol–water partition coefficient (Wildman–Crippen LogP) is 2.14. The summed E-state index contributed by atoms with van der Waals surface area (Å²) in [6, 6.07) is 0. The second kappa shape index (κ2) is 4.74. The standard InChI is InChI=1S/C12H21N3O2/c1-4-12(13,5-2)11-14-10(15-17-11)9(16-3)8-6-7-8/h8-9H,4-7,13H2,1-3H3. The first-order valence-electron chi connectivity index (χ1n) is 6.30. The summed E-state index contributed by atoms with van der Waals surface area (Å²) in [6.45, 7) is 4.06. The summed E-state index contributed by atoms with van der Waals surface area (Å²) in [5.41, 5.74) is 5.72. The maximum Gasteiger partial charge on any atom is 0.246 e. The number of ether oxygens (including phenoxy) is 1. The largest absolute Gasteiger partial charge is 0.373 e. The average Bonchev–Trinajstić information content (AvgIpc) is 3.06. The van der Waals surface area contributed by atoms with E-state index in [-0.39, 0.29) is 6.10 Å². The van der Waals surface area contributed by atoms with Gasteiger partial charge in [-0.1, -0.05) is 19.0 Å². The van der Waals surface area contributed by atoms with Gasteiger partial charge in [0.15, 0.2) is 0 Å². The van der Waals surface area contributed by atoms with E-state index in [0.29, 0.717) is 17.6 Å². The third-order valence-electron chi connectivity index (χ3n) is 3.69. The third kappa shape index (κ3) is 2.35. The van der Waals surface area contributed by atoms with E-state index in [1.54, 1.807) is 7.11 Å². The van der Waals surface area contributed by atoms with Crippen LogP contribution in [0.1, 0.15) is 57.3 Å². The molecule has 0 bridgehead atoms. The first-order chi connectivity index (χ1) is 8.14. The van der Waals surface area contributed by atoms with Crippen LogP contribution >= 0.6 is 0 Å². The Hall–Kier alpha value is -0.940. The van der Waals surface area contributed by atoms with Gasteiger partial charge in [0.1, 0.15) is 6.10 Å². The third-order valence-corrected chi connectivity index (χ3v) is 3.69. The van der Waals surface area contributed by atoms with Gasteiger partial charge in [0.05, 0.1) is 5.54 Å². The van der Waals surface area contributed by atoms with Crippen molar-refractivity contribution in [3.05, 3.63) is 11.7 Å². The van der Waals surface area contributed by atoms with Gasteiger partial charge in [-0.2, -0.15) is 4.98 Å². The Bertz CT molecular complexity index is 370. The van der Waals surface area contributed by atoms with Crippen molar-refractivity contribution in [2.24, 2.45) is 11.7 Å². The molecule has 1 heterocycles. The van der Waals surface area contributed by atoms with Crippen LogP contribution < -0.4 is 5.73 Å². The molecule has 0 saturated heterocycles. The van der Waals surface area contributed by atoms with Crippen molar-refractivity contribution in [2.75, 3.05) is 7.11 Å². The van der Waals surface area contributed by atoms with Crippen LogP contribution in [0.2, 0.25) is 0 Å². The van der Waals surface area contributed by atoms with Gasteiger partial charge in [0, 0.05) is 7.11 Å². The van der Waals surface area contributed by atoms with Crippen molar-refractivity contribution in [1.82, 2.24) is 10.1 Å². The molecule has 1 aliphatic carbocycles. The van der Waals surface area contributed by atoms with E-state index < -0.39 is 5.54 Å². The first kappa shape index (κ1) is 12.5. The Morgan fingerprint density at radius 2 is 2.12 bits per heavy atom. The molecule has 0 spiro atoms. The van der Waals surface area contributed by atoms with Crippen LogP contribution in [0.25, 0.3) is 0 Å². The number of aromatic nitrogens is 2. The molecule has 0 aliphatic heterocycles. The summed E-state index contributed by atoms with van der Waals surface area (Å²) in [4.78, 5) is 4.43. The second-order valence-electron chi connectivity index (χ2n) is 4.81. The molecule has 0 aromatic carbocycles. The molecule has 0 amide bonds. The molecule has 1 aromatic heterocycles. The smallest absolute Gasteiger partial charge is 0.246 e. The zero-order valence-electron chi connectivity index (χ0n) is 10.8. The lowest BCUT2D eigenvalue weighted by atomic mass is 9.94. The Morgan fingerprint density at radius 1 is 1.47 bits per heavy atom. The van der Waals surface area contributed by atoms with E-state index in [4.69, 9.17) is 15.0 Å². The number of nitrogens with two attached hydrogens (primary N) is 1. The highest BCUT2D eigenvalue weighted by Crippen LogP contribution is 2.42. The molecule has 1 atom stereocenters. The van der Waals surface area contributed by atoms with E-state index in [2.05, 4.69) is 10.1 Å². The topological polar surface area (TPSA) is 74.2 Å². The molecule has 17 heavy (non-hydrogen) atoms. The number of rotatable bonds is 6. The molecule has 1 aromatic rings. The van der Waals surface area contributed by atoms with Crippen LogP contribution in [0.5, 0.6) is 0 Å². The molecule has 1 fully saturated rings. The van der Waals surface area contributed by atoms with Crippen molar-refractivity contribution >= 4 is 0 Å². The van der Waals surface area contributed by atoms with Gasteiger partial charge in [-0.3, -0.25) is 0 Å². The monoisotopic (exact) mass is 239 g/mol. The first-order valence-corrected chi connectivity index (χ1v) is 6.30. The van der Waals surface area contributed by atoms with Crippen LogP contribution in [-0.2, 0) is 10.3 Å². The fourth-order valence-electron chi connectivity index (χ4n) is 2.01. The van der Waals surface area contributed by atoms with Crippen LogP contribution in [0.15, 0.2) is 4.52 Å². The lowest BCUT2D eigenvalue weighted by molar-refractivity contribution is 0.0751. The quantitative estimate of drug-likeness (QED) is 0.823. The SMILES string of the molecule is CCC(N)(CC)c1nc(C(OC)C2CC2)no1. The van der Waals surface area contributed by atoms with Crippen molar-refractivity contribution in [3.8, 4) is 0 Å². The molecule has 96 valence electrons. The van der Waals surface area contributed by atoms with Gasteiger partial charge >= 0.3 is 0 Å². The minimum Gasteiger partial charge on any atom is -0.373 e. The summed E-state index contributed by atoms with van der Waals surface area (Å²) < 4.78 is 10.7. The van der Waals surface area contributed by atoms with E-state index in [0.717, 1.165) is 12.8 Å². The van der Waals surface area contributed by atoms with Crippen molar-refractivity contribution in [1.29, 1.82) is 0 Å². The zero-order chi connectivity index (χ0) is 12.5. The summed E-state index contributed by atoms with van der Waals surface area (Å²) in [7, 11) is 1.69. The molecular weight excluding hydrogens is 218 g/mol. The highest BCUT2D eigenvalue weighted by molar-refractivity contribution is 5.04. The lowest BCUT2D eigenvalue weighted by Crippen LogP contribution is -2.35. The van der Waals surface area contributed by atoms with E-state index >= 15 is 0 Å². The molecule has 1 aliphatic rings. The zero-order valence-corrected chi connectivity index (χ0v) is 10.8. The highest BCUT2D eigenvalue weighted by Gasteiger charge is 2.37. The van der Waals surface area contributed by atoms with Crippen LogP contribution in [-0.4, -0.2) is 17.3 Å². The Labute approximate surface area is 102 Å². The Kier molecular flexibility index (Phi) is 3.49. The maximum absolute atomic E-state index is 6.23. The Morgan fingerprint density at radius 3 is 2.59 bits per heavy atom. The van der Waals surface area contributed by atoms with Crippen LogP contribution in [0, 0.1) is 5.92 Å². The summed E-state index contributed by atoms with van der Waals surface area (Å²) in [5, 5.41) is 4.02. The number of hydrogen-bond acceptors (Lipinski definition) is 5. The fraction of sp³-hybridized carbons (Fsp3) is 0.833. The number of hydrogen-bond donors (Lipinski definition) is 1. The van der Waals surface area contributed by atoms with Gasteiger partial charge in [0.25, 0.3) is 0 Å². The van der Waals surface area contributed by atoms with Crippen molar-refractivity contribution < 1.29 is 9.26 Å². The summed E-state index contributed by atoms with van der Waals surface area (Å²) in [5.74, 6) is 1.71. The minimum atomic E-state index is -0.507. The predicted molar refractivity (Wildman–Crippen MR) is 63.2 cm³/mol. The van der Waals surface area contributed by atoms with Crippen molar-refractivity contribution in [3.63, 3.8) is 0 Å². The average molecular weight is 239 g/mol. The highest BCUT2D eigenvalue weighted by atomic mass is 16.5. The molecule has 1 saturated carbocycles. The number of methoxy groups -OCH3 is 1. The Balaban J connectivity index is 2.19. The van der Waals surface area contributed by atoms with E-state index in [1.165, 1.54) is 12.8 Å². The molecule has 1 unspecified atom stereocenters. The van der Waals surface area contributed by atoms with E-state index in [9.17, 15) is 0 Å². The molecular formula is C12H21N3O2. The maximum atomic E-state index is 6.23. The second-order valence-corrected chi connectivity index (χ2v) is 4.81.